The Morgan fingerprint density at radius 3 is 2.82 bits per heavy atom. The van der Waals surface area contributed by atoms with Crippen LogP contribution in [-0.2, 0) is 10.0 Å². The highest BCUT2D eigenvalue weighted by atomic mass is 32.2. The van der Waals surface area contributed by atoms with Gasteiger partial charge in [-0.25, -0.2) is 13.4 Å². The Labute approximate surface area is 101 Å². The minimum atomic E-state index is -3.10. The van der Waals surface area contributed by atoms with E-state index in [0.717, 1.165) is 5.69 Å². The van der Waals surface area contributed by atoms with Crippen LogP contribution in [0.1, 0.15) is 12.1 Å². The van der Waals surface area contributed by atoms with Crippen LogP contribution in [-0.4, -0.2) is 43.2 Å². The standard InChI is InChI=1S/C11H16N2O3S/c1-9-4-3-5-11(12-9)16-10-6-7-13(8-10)17(2,14)15/h3-5,10H,6-8H2,1-2H3. The fourth-order valence-corrected chi connectivity index (χ4v) is 2.72. The summed E-state index contributed by atoms with van der Waals surface area (Å²) in [6.45, 7) is 2.83. The summed E-state index contributed by atoms with van der Waals surface area (Å²) in [7, 11) is -3.10. The summed E-state index contributed by atoms with van der Waals surface area (Å²) in [6, 6.07) is 5.56. The first-order chi connectivity index (χ1) is 7.95. The van der Waals surface area contributed by atoms with Crippen LogP contribution in [0.25, 0.3) is 0 Å². The quantitative estimate of drug-likeness (QED) is 0.802. The monoisotopic (exact) mass is 256 g/mol. The molecule has 5 nitrogen and oxygen atoms in total. The summed E-state index contributed by atoms with van der Waals surface area (Å²) in [5.41, 5.74) is 0.889. The van der Waals surface area contributed by atoms with Crippen molar-refractivity contribution < 1.29 is 13.2 Å². The first-order valence-corrected chi connectivity index (χ1v) is 7.35. The zero-order valence-electron chi connectivity index (χ0n) is 9.96. The van der Waals surface area contributed by atoms with Gasteiger partial charge in [0.15, 0.2) is 0 Å². The fraction of sp³-hybridized carbons (Fsp3) is 0.545. The lowest BCUT2D eigenvalue weighted by molar-refractivity contribution is 0.206. The molecule has 0 N–H and O–H groups in total. The fourth-order valence-electron chi connectivity index (χ4n) is 1.85. The van der Waals surface area contributed by atoms with Gasteiger partial charge in [-0.2, -0.15) is 4.31 Å². The maximum Gasteiger partial charge on any atom is 0.213 e. The molecule has 94 valence electrons. The van der Waals surface area contributed by atoms with Gasteiger partial charge in [0.1, 0.15) is 6.10 Å². The Kier molecular flexibility index (Phi) is 3.35. The molecule has 1 saturated heterocycles. The first-order valence-electron chi connectivity index (χ1n) is 5.50. The van der Waals surface area contributed by atoms with Crippen LogP contribution in [0.3, 0.4) is 0 Å². The first kappa shape index (κ1) is 12.3. The summed E-state index contributed by atoms with van der Waals surface area (Å²) in [5.74, 6) is 0.561. The normalized spacial score (nSPS) is 21.6. The average molecular weight is 256 g/mol. The Balaban J connectivity index is 1.99. The number of rotatable bonds is 3. The Hall–Kier alpha value is -1.14. The molecule has 0 saturated carbocycles. The van der Waals surface area contributed by atoms with Gasteiger partial charge in [0.05, 0.1) is 12.8 Å². The number of aryl methyl sites for hydroxylation is 1. The highest BCUT2D eigenvalue weighted by Crippen LogP contribution is 2.18. The molecule has 1 fully saturated rings. The number of nitrogens with zero attached hydrogens (tertiary/aromatic N) is 2. The third kappa shape index (κ3) is 3.17. The molecule has 1 aromatic heterocycles. The van der Waals surface area contributed by atoms with Crippen molar-refractivity contribution >= 4 is 10.0 Å². The molecule has 0 bridgehead atoms. The Morgan fingerprint density at radius 2 is 2.24 bits per heavy atom. The second-order valence-electron chi connectivity index (χ2n) is 4.27. The van der Waals surface area contributed by atoms with Gasteiger partial charge in [-0.05, 0) is 19.4 Å². The molecular weight excluding hydrogens is 240 g/mol. The maximum absolute atomic E-state index is 11.3. The minimum absolute atomic E-state index is 0.0981. The largest absolute Gasteiger partial charge is 0.473 e. The van der Waals surface area contributed by atoms with Crippen LogP contribution in [0.4, 0.5) is 0 Å². The van der Waals surface area contributed by atoms with E-state index in [-0.39, 0.29) is 6.10 Å². The van der Waals surface area contributed by atoms with Crippen LogP contribution in [0, 0.1) is 6.92 Å². The summed E-state index contributed by atoms with van der Waals surface area (Å²) in [4.78, 5) is 4.23. The molecule has 0 spiro atoms. The predicted molar refractivity (Wildman–Crippen MR) is 64.4 cm³/mol. The molecular formula is C11H16N2O3S. The molecule has 0 amide bonds. The predicted octanol–water partition coefficient (Wildman–Crippen LogP) is 0.803. The van der Waals surface area contributed by atoms with Gasteiger partial charge in [0.25, 0.3) is 0 Å². The van der Waals surface area contributed by atoms with Crippen molar-refractivity contribution in [1.29, 1.82) is 0 Å². The van der Waals surface area contributed by atoms with Crippen molar-refractivity contribution in [3.05, 3.63) is 23.9 Å². The SMILES string of the molecule is Cc1cccc(OC2CCN(S(C)(=O)=O)C2)n1. The summed E-state index contributed by atoms with van der Waals surface area (Å²) < 4.78 is 29.8. The zero-order chi connectivity index (χ0) is 12.5. The highest BCUT2D eigenvalue weighted by Gasteiger charge is 2.29. The maximum atomic E-state index is 11.3. The lowest BCUT2D eigenvalue weighted by Gasteiger charge is -2.14. The van der Waals surface area contributed by atoms with Crippen molar-refractivity contribution in [2.24, 2.45) is 0 Å². The van der Waals surface area contributed by atoms with E-state index in [1.807, 2.05) is 19.1 Å². The van der Waals surface area contributed by atoms with Crippen molar-refractivity contribution in [1.82, 2.24) is 9.29 Å². The lowest BCUT2D eigenvalue weighted by atomic mass is 10.3. The van der Waals surface area contributed by atoms with E-state index in [0.29, 0.717) is 25.4 Å². The van der Waals surface area contributed by atoms with Gasteiger partial charge in [0, 0.05) is 18.3 Å². The van der Waals surface area contributed by atoms with Crippen molar-refractivity contribution in [3.63, 3.8) is 0 Å². The van der Waals surface area contributed by atoms with E-state index >= 15 is 0 Å². The second-order valence-corrected chi connectivity index (χ2v) is 6.25. The molecule has 2 rings (SSSR count). The molecule has 6 heteroatoms. The summed E-state index contributed by atoms with van der Waals surface area (Å²) >= 11 is 0. The molecule has 1 aliphatic heterocycles. The summed E-state index contributed by atoms with van der Waals surface area (Å²) in [5, 5.41) is 0. The van der Waals surface area contributed by atoms with Crippen LogP contribution in [0.2, 0.25) is 0 Å². The third-order valence-corrected chi connectivity index (χ3v) is 4.00. The second kappa shape index (κ2) is 4.62. The lowest BCUT2D eigenvalue weighted by Crippen LogP contribution is -2.30. The van der Waals surface area contributed by atoms with Gasteiger partial charge in [-0.15, -0.1) is 0 Å². The smallest absolute Gasteiger partial charge is 0.213 e. The van der Waals surface area contributed by atoms with Crippen molar-refractivity contribution in [2.45, 2.75) is 19.4 Å². The molecule has 0 aromatic carbocycles. The number of hydrogen-bond donors (Lipinski definition) is 0. The topological polar surface area (TPSA) is 59.5 Å². The number of hydrogen-bond acceptors (Lipinski definition) is 4. The number of sulfonamides is 1. The van der Waals surface area contributed by atoms with Crippen LogP contribution in [0.5, 0.6) is 5.88 Å². The molecule has 1 unspecified atom stereocenters. The van der Waals surface area contributed by atoms with Crippen LogP contribution in [0.15, 0.2) is 18.2 Å². The number of pyridine rings is 1. The van der Waals surface area contributed by atoms with Crippen LogP contribution >= 0.6 is 0 Å². The molecule has 1 aromatic rings. The van der Waals surface area contributed by atoms with Gasteiger partial charge in [0.2, 0.25) is 15.9 Å². The van der Waals surface area contributed by atoms with Crippen molar-refractivity contribution in [3.8, 4) is 5.88 Å². The van der Waals surface area contributed by atoms with E-state index in [2.05, 4.69) is 4.98 Å². The van der Waals surface area contributed by atoms with E-state index in [1.165, 1.54) is 10.6 Å². The number of aromatic nitrogens is 1. The highest BCUT2D eigenvalue weighted by molar-refractivity contribution is 7.88. The van der Waals surface area contributed by atoms with Gasteiger partial charge in [-0.1, -0.05) is 6.07 Å². The van der Waals surface area contributed by atoms with Crippen LogP contribution < -0.4 is 4.74 Å². The molecule has 1 aliphatic rings. The van der Waals surface area contributed by atoms with Gasteiger partial charge < -0.3 is 4.74 Å². The van der Waals surface area contributed by atoms with Gasteiger partial charge >= 0.3 is 0 Å². The van der Waals surface area contributed by atoms with E-state index < -0.39 is 10.0 Å². The van der Waals surface area contributed by atoms with E-state index in [1.54, 1.807) is 6.07 Å². The minimum Gasteiger partial charge on any atom is -0.473 e. The Morgan fingerprint density at radius 1 is 1.47 bits per heavy atom. The molecule has 17 heavy (non-hydrogen) atoms. The van der Waals surface area contributed by atoms with Crippen molar-refractivity contribution in [2.75, 3.05) is 19.3 Å². The zero-order valence-corrected chi connectivity index (χ0v) is 10.8. The average Bonchev–Trinajstić information content (AvgIpc) is 2.65. The Bertz CT molecular complexity index is 501. The molecule has 0 aliphatic carbocycles. The van der Waals surface area contributed by atoms with E-state index in [9.17, 15) is 8.42 Å². The molecule has 0 radical (unpaired) electrons. The van der Waals surface area contributed by atoms with E-state index in [4.69, 9.17) is 4.74 Å². The third-order valence-electron chi connectivity index (χ3n) is 2.73. The summed E-state index contributed by atoms with van der Waals surface area (Å²) in [6.07, 6.45) is 1.84. The van der Waals surface area contributed by atoms with Gasteiger partial charge in [-0.3, -0.25) is 0 Å². The molecule has 1 atom stereocenters. The molecule has 2 heterocycles. The number of ether oxygens (including phenoxy) is 1.